The molecule has 0 unspecified atom stereocenters. The minimum Gasteiger partial charge on any atom is -0.310 e. The number of imidazole rings is 1. The lowest BCUT2D eigenvalue weighted by Crippen LogP contribution is -2.35. The van der Waals surface area contributed by atoms with Crippen LogP contribution in [-0.4, -0.2) is 16.6 Å². The van der Waals surface area contributed by atoms with E-state index in [2.05, 4.69) is 81.0 Å². The average Bonchev–Trinajstić information content (AvgIpc) is 2.97. The highest BCUT2D eigenvalue weighted by Crippen LogP contribution is 2.26. The molecule has 1 aromatic heterocycles. The Kier molecular flexibility index (Phi) is 3.59. The minimum absolute atomic E-state index is 0.134. The number of nitrogens with zero attached hydrogens (tertiary/aromatic N) is 2. The second-order valence-corrected chi connectivity index (χ2v) is 6.62. The SMILES string of the molecule is CNC(C)(C)c1cncn1-c1ccc2cc(Br)ccc2c1. The summed E-state index contributed by atoms with van der Waals surface area (Å²) >= 11 is 3.51. The van der Waals surface area contributed by atoms with Crippen LogP contribution in [0.2, 0.25) is 0 Å². The fourth-order valence-corrected chi connectivity index (χ4v) is 2.82. The van der Waals surface area contributed by atoms with E-state index < -0.39 is 0 Å². The molecule has 3 nitrogen and oxygen atoms in total. The maximum atomic E-state index is 4.32. The largest absolute Gasteiger partial charge is 0.310 e. The molecule has 3 aromatic rings. The lowest BCUT2D eigenvalue weighted by atomic mass is 10.0. The van der Waals surface area contributed by atoms with E-state index in [4.69, 9.17) is 0 Å². The zero-order valence-electron chi connectivity index (χ0n) is 12.4. The number of halogens is 1. The molecule has 0 saturated carbocycles. The molecule has 2 aromatic carbocycles. The Morgan fingerprint density at radius 1 is 1.10 bits per heavy atom. The van der Waals surface area contributed by atoms with Crippen LogP contribution >= 0.6 is 15.9 Å². The van der Waals surface area contributed by atoms with Crippen molar-refractivity contribution in [3.05, 3.63) is 59.1 Å². The highest BCUT2D eigenvalue weighted by atomic mass is 79.9. The maximum Gasteiger partial charge on any atom is 0.0994 e. The predicted octanol–water partition coefficient (Wildman–Crippen LogP) is 4.24. The lowest BCUT2D eigenvalue weighted by Gasteiger charge is -2.25. The van der Waals surface area contributed by atoms with Crippen molar-refractivity contribution in [3.8, 4) is 5.69 Å². The molecule has 1 N–H and O–H groups in total. The van der Waals surface area contributed by atoms with Crippen LogP contribution in [0.4, 0.5) is 0 Å². The maximum absolute atomic E-state index is 4.32. The third-order valence-electron chi connectivity index (χ3n) is 3.97. The Morgan fingerprint density at radius 3 is 2.57 bits per heavy atom. The van der Waals surface area contributed by atoms with Gasteiger partial charge in [0.25, 0.3) is 0 Å². The third-order valence-corrected chi connectivity index (χ3v) is 4.46. The fraction of sp³-hybridized carbons (Fsp3) is 0.235. The number of benzene rings is 2. The van der Waals surface area contributed by atoms with E-state index in [1.165, 1.54) is 10.8 Å². The van der Waals surface area contributed by atoms with Gasteiger partial charge in [-0.1, -0.05) is 28.1 Å². The van der Waals surface area contributed by atoms with Gasteiger partial charge in [-0.25, -0.2) is 4.98 Å². The first-order valence-corrected chi connectivity index (χ1v) is 7.72. The van der Waals surface area contributed by atoms with Crippen LogP contribution in [-0.2, 0) is 5.54 Å². The first kappa shape index (κ1) is 14.3. The highest BCUT2D eigenvalue weighted by Gasteiger charge is 2.22. The van der Waals surface area contributed by atoms with Gasteiger partial charge >= 0.3 is 0 Å². The Balaban J connectivity index is 2.13. The van der Waals surface area contributed by atoms with Crippen molar-refractivity contribution >= 4 is 26.7 Å². The molecule has 21 heavy (non-hydrogen) atoms. The minimum atomic E-state index is -0.134. The summed E-state index contributed by atoms with van der Waals surface area (Å²) in [6, 6.07) is 12.8. The molecule has 0 saturated heterocycles. The quantitative estimate of drug-likeness (QED) is 0.770. The van der Waals surface area contributed by atoms with Gasteiger partial charge in [0, 0.05) is 10.2 Å². The molecule has 0 fully saturated rings. The molecule has 0 aliphatic carbocycles. The van der Waals surface area contributed by atoms with Crippen LogP contribution in [0.1, 0.15) is 19.5 Å². The molecule has 0 bridgehead atoms. The van der Waals surface area contributed by atoms with Gasteiger partial charge in [-0.2, -0.15) is 0 Å². The number of rotatable bonds is 3. The second-order valence-electron chi connectivity index (χ2n) is 5.70. The van der Waals surface area contributed by atoms with Gasteiger partial charge < -0.3 is 9.88 Å². The summed E-state index contributed by atoms with van der Waals surface area (Å²) in [5, 5.41) is 5.78. The molecular formula is C17H18BrN3. The molecular weight excluding hydrogens is 326 g/mol. The molecule has 0 spiro atoms. The molecule has 0 atom stereocenters. The van der Waals surface area contributed by atoms with Crippen LogP contribution < -0.4 is 5.32 Å². The van der Waals surface area contributed by atoms with Gasteiger partial charge in [0.05, 0.1) is 23.8 Å². The summed E-state index contributed by atoms with van der Waals surface area (Å²) in [4.78, 5) is 4.32. The summed E-state index contributed by atoms with van der Waals surface area (Å²) in [7, 11) is 1.97. The van der Waals surface area contributed by atoms with Crippen molar-refractivity contribution in [2.75, 3.05) is 7.05 Å². The molecule has 0 aliphatic heterocycles. The molecule has 0 radical (unpaired) electrons. The predicted molar refractivity (Wildman–Crippen MR) is 90.9 cm³/mol. The van der Waals surface area contributed by atoms with Crippen molar-refractivity contribution in [2.45, 2.75) is 19.4 Å². The van der Waals surface area contributed by atoms with Crippen LogP contribution in [0.15, 0.2) is 53.4 Å². The van der Waals surface area contributed by atoms with Gasteiger partial charge in [-0.05, 0) is 55.9 Å². The second kappa shape index (κ2) is 5.28. The third kappa shape index (κ3) is 2.61. The Labute approximate surface area is 133 Å². The van der Waals surface area contributed by atoms with E-state index in [9.17, 15) is 0 Å². The van der Waals surface area contributed by atoms with Crippen LogP contribution in [0.25, 0.3) is 16.5 Å². The van der Waals surface area contributed by atoms with Gasteiger partial charge in [0.15, 0.2) is 0 Å². The van der Waals surface area contributed by atoms with Gasteiger partial charge in [-0.15, -0.1) is 0 Å². The van der Waals surface area contributed by atoms with Crippen molar-refractivity contribution in [1.82, 2.24) is 14.9 Å². The van der Waals surface area contributed by atoms with Crippen molar-refractivity contribution < 1.29 is 0 Å². The molecule has 0 aliphatic rings. The highest BCUT2D eigenvalue weighted by molar-refractivity contribution is 9.10. The van der Waals surface area contributed by atoms with Crippen LogP contribution in [0, 0.1) is 0 Å². The first-order chi connectivity index (χ1) is 10.0. The van der Waals surface area contributed by atoms with E-state index >= 15 is 0 Å². The Bertz CT molecular complexity index is 790. The molecule has 4 heteroatoms. The number of hydrogen-bond donors (Lipinski definition) is 1. The lowest BCUT2D eigenvalue weighted by molar-refractivity contribution is 0.425. The van der Waals surface area contributed by atoms with Gasteiger partial charge in [-0.3, -0.25) is 0 Å². The van der Waals surface area contributed by atoms with Crippen molar-refractivity contribution in [1.29, 1.82) is 0 Å². The van der Waals surface area contributed by atoms with Crippen molar-refractivity contribution in [3.63, 3.8) is 0 Å². The topological polar surface area (TPSA) is 29.9 Å². The van der Waals surface area contributed by atoms with E-state index in [0.29, 0.717) is 0 Å². The molecule has 1 heterocycles. The monoisotopic (exact) mass is 343 g/mol. The Morgan fingerprint density at radius 2 is 1.81 bits per heavy atom. The van der Waals surface area contributed by atoms with Gasteiger partial charge in [0.2, 0.25) is 0 Å². The van der Waals surface area contributed by atoms with E-state index in [0.717, 1.165) is 15.9 Å². The molecule has 3 rings (SSSR count). The zero-order valence-corrected chi connectivity index (χ0v) is 14.0. The van der Waals surface area contributed by atoms with E-state index in [-0.39, 0.29) is 5.54 Å². The zero-order chi connectivity index (χ0) is 15.0. The van der Waals surface area contributed by atoms with E-state index in [1.54, 1.807) is 0 Å². The number of nitrogens with one attached hydrogen (secondary N) is 1. The number of hydrogen-bond acceptors (Lipinski definition) is 2. The molecule has 108 valence electrons. The average molecular weight is 344 g/mol. The molecule has 0 amide bonds. The standard InChI is InChI=1S/C17H18BrN3/c1-17(2,19-3)16-10-20-11-21(16)15-7-5-12-8-14(18)6-4-13(12)9-15/h4-11,19H,1-3H3. The number of fused-ring (bicyclic) bond motifs is 1. The smallest absolute Gasteiger partial charge is 0.0994 e. The van der Waals surface area contributed by atoms with Crippen LogP contribution in [0.3, 0.4) is 0 Å². The summed E-state index contributed by atoms with van der Waals surface area (Å²) in [5.74, 6) is 0. The summed E-state index contributed by atoms with van der Waals surface area (Å²) in [6.07, 6.45) is 3.79. The summed E-state index contributed by atoms with van der Waals surface area (Å²) in [5.41, 5.74) is 2.13. The Hall–Kier alpha value is -1.65. The first-order valence-electron chi connectivity index (χ1n) is 6.93. The van der Waals surface area contributed by atoms with Crippen molar-refractivity contribution in [2.24, 2.45) is 0 Å². The van der Waals surface area contributed by atoms with E-state index in [1.807, 2.05) is 19.6 Å². The van der Waals surface area contributed by atoms with Crippen LogP contribution in [0.5, 0.6) is 0 Å². The summed E-state index contributed by atoms with van der Waals surface area (Å²) in [6.45, 7) is 4.30. The number of aromatic nitrogens is 2. The fourth-order valence-electron chi connectivity index (χ4n) is 2.45. The van der Waals surface area contributed by atoms with Gasteiger partial charge in [0.1, 0.15) is 0 Å². The normalized spacial score (nSPS) is 12.0. The summed E-state index contributed by atoms with van der Waals surface area (Å²) < 4.78 is 3.24.